The Morgan fingerprint density at radius 2 is 1.10 bits per heavy atom. The van der Waals surface area contributed by atoms with Crippen LogP contribution in [0, 0.1) is 0 Å². The molecule has 0 heteroatoms. The summed E-state index contributed by atoms with van der Waals surface area (Å²) in [6.45, 7) is 5.93. The minimum Gasteiger partial charge on any atom is -0.0991 e. The Bertz CT molecular complexity index is 234. The van der Waals surface area contributed by atoms with Crippen molar-refractivity contribution in [3.63, 3.8) is 0 Å². The molecule has 20 heavy (non-hydrogen) atoms. The van der Waals surface area contributed by atoms with Crippen molar-refractivity contribution in [3.05, 3.63) is 37.0 Å². The van der Waals surface area contributed by atoms with E-state index in [9.17, 15) is 0 Å². The maximum atomic E-state index is 3.65. The number of rotatable bonds is 15. The van der Waals surface area contributed by atoms with Crippen LogP contribution in [0.25, 0.3) is 0 Å². The second kappa shape index (κ2) is 18.2. The SMILES string of the molecule is C=C/C=C\C=C/CCCCCCCCCCCCCC. The van der Waals surface area contributed by atoms with Gasteiger partial charge in [0, 0.05) is 0 Å². The third-order valence-electron chi connectivity index (χ3n) is 3.72. The highest BCUT2D eigenvalue weighted by Gasteiger charge is 1.92. The lowest BCUT2D eigenvalue weighted by molar-refractivity contribution is 0.545. The number of allylic oxidation sites excluding steroid dienone is 5. The molecule has 0 saturated heterocycles. The molecule has 0 bridgehead atoms. The highest BCUT2D eigenvalue weighted by atomic mass is 14.0. The summed E-state index contributed by atoms with van der Waals surface area (Å²) in [5, 5.41) is 0. The summed E-state index contributed by atoms with van der Waals surface area (Å²) in [6, 6.07) is 0. The van der Waals surface area contributed by atoms with Gasteiger partial charge in [-0.25, -0.2) is 0 Å². The van der Waals surface area contributed by atoms with Crippen LogP contribution in [0.2, 0.25) is 0 Å². The molecule has 0 fully saturated rings. The molecule has 0 unspecified atom stereocenters. The normalized spacial score (nSPS) is 11.7. The first-order valence-electron chi connectivity index (χ1n) is 8.86. The molecular weight excluding hydrogens is 240 g/mol. The molecule has 0 aromatic heterocycles. The van der Waals surface area contributed by atoms with Gasteiger partial charge in [-0.1, -0.05) is 115 Å². The minimum absolute atomic E-state index is 1.22. The van der Waals surface area contributed by atoms with Crippen molar-refractivity contribution in [1.82, 2.24) is 0 Å². The van der Waals surface area contributed by atoms with E-state index < -0.39 is 0 Å². The molecule has 116 valence electrons. The van der Waals surface area contributed by atoms with E-state index in [4.69, 9.17) is 0 Å². The summed E-state index contributed by atoms with van der Waals surface area (Å²) in [6.07, 6.45) is 28.6. The quantitative estimate of drug-likeness (QED) is 0.216. The van der Waals surface area contributed by atoms with E-state index in [1.54, 1.807) is 0 Å². The van der Waals surface area contributed by atoms with Gasteiger partial charge in [-0.05, 0) is 12.8 Å². The van der Waals surface area contributed by atoms with Crippen molar-refractivity contribution >= 4 is 0 Å². The molecule has 0 radical (unpaired) electrons. The lowest BCUT2D eigenvalue weighted by Crippen LogP contribution is -1.82. The van der Waals surface area contributed by atoms with Crippen LogP contribution < -0.4 is 0 Å². The van der Waals surface area contributed by atoms with Gasteiger partial charge < -0.3 is 0 Å². The lowest BCUT2D eigenvalue weighted by Gasteiger charge is -2.02. The van der Waals surface area contributed by atoms with Gasteiger partial charge in [-0.3, -0.25) is 0 Å². The first-order chi connectivity index (χ1) is 9.91. The summed E-state index contributed by atoms with van der Waals surface area (Å²) in [5.74, 6) is 0. The topological polar surface area (TPSA) is 0 Å². The van der Waals surface area contributed by atoms with Crippen molar-refractivity contribution in [2.45, 2.75) is 90.4 Å². The van der Waals surface area contributed by atoms with E-state index in [1.807, 2.05) is 18.2 Å². The molecule has 0 aliphatic rings. The Kier molecular flexibility index (Phi) is 17.5. The molecule has 0 atom stereocenters. The summed E-state index contributed by atoms with van der Waals surface area (Å²) in [5.41, 5.74) is 0. The zero-order valence-electron chi connectivity index (χ0n) is 13.8. The van der Waals surface area contributed by atoms with Crippen molar-refractivity contribution < 1.29 is 0 Å². The van der Waals surface area contributed by atoms with E-state index >= 15 is 0 Å². The molecule has 0 rings (SSSR count). The number of unbranched alkanes of at least 4 members (excludes halogenated alkanes) is 12. The van der Waals surface area contributed by atoms with Crippen LogP contribution in [0.3, 0.4) is 0 Å². The Morgan fingerprint density at radius 1 is 0.600 bits per heavy atom. The van der Waals surface area contributed by atoms with Crippen molar-refractivity contribution in [3.8, 4) is 0 Å². The molecule has 0 aromatic rings. The predicted molar refractivity (Wildman–Crippen MR) is 94.2 cm³/mol. The van der Waals surface area contributed by atoms with Gasteiger partial charge in [0.25, 0.3) is 0 Å². The van der Waals surface area contributed by atoms with E-state index in [2.05, 4.69) is 25.7 Å². The van der Waals surface area contributed by atoms with Gasteiger partial charge in [0.15, 0.2) is 0 Å². The molecule has 0 spiro atoms. The fraction of sp³-hybridized carbons (Fsp3) is 0.700. The molecule has 0 heterocycles. The number of hydrogen-bond acceptors (Lipinski definition) is 0. The lowest BCUT2D eigenvalue weighted by atomic mass is 10.0. The molecule has 0 saturated carbocycles. The van der Waals surface area contributed by atoms with Crippen molar-refractivity contribution in [1.29, 1.82) is 0 Å². The summed E-state index contributed by atoms with van der Waals surface area (Å²) >= 11 is 0. The van der Waals surface area contributed by atoms with E-state index in [0.717, 1.165) is 0 Å². The molecule has 0 aliphatic carbocycles. The minimum atomic E-state index is 1.22. The third kappa shape index (κ3) is 17.2. The average Bonchev–Trinajstić information content (AvgIpc) is 2.47. The largest absolute Gasteiger partial charge is 0.0991 e. The standard InChI is InChI=1S/C20H36/c1-3-5-7-9-11-13-15-17-19-20-18-16-14-12-10-8-6-4-2/h3,5,7,9,11H,1,4,6,8,10,12-20H2,2H3/b7-5-,11-9-. The maximum absolute atomic E-state index is 3.65. The van der Waals surface area contributed by atoms with Gasteiger partial charge in [0.1, 0.15) is 0 Å². The first-order valence-corrected chi connectivity index (χ1v) is 8.86. The first kappa shape index (κ1) is 19.2. The molecule has 0 amide bonds. The van der Waals surface area contributed by atoms with Gasteiger partial charge >= 0.3 is 0 Å². The smallest absolute Gasteiger partial charge is 0.0348 e. The monoisotopic (exact) mass is 276 g/mol. The maximum Gasteiger partial charge on any atom is -0.0348 e. The van der Waals surface area contributed by atoms with E-state index in [-0.39, 0.29) is 0 Å². The molecule has 0 aromatic carbocycles. The Hall–Kier alpha value is -0.780. The van der Waals surface area contributed by atoms with Crippen LogP contribution in [-0.2, 0) is 0 Å². The van der Waals surface area contributed by atoms with E-state index in [1.165, 1.54) is 83.5 Å². The zero-order chi connectivity index (χ0) is 14.7. The fourth-order valence-corrected chi connectivity index (χ4v) is 2.42. The van der Waals surface area contributed by atoms with Gasteiger partial charge in [-0.2, -0.15) is 0 Å². The molecule has 0 aliphatic heterocycles. The Labute approximate surface area is 128 Å². The molecule has 0 N–H and O–H groups in total. The van der Waals surface area contributed by atoms with Gasteiger partial charge in [0.2, 0.25) is 0 Å². The summed E-state index contributed by atoms with van der Waals surface area (Å²) in [7, 11) is 0. The summed E-state index contributed by atoms with van der Waals surface area (Å²) in [4.78, 5) is 0. The molecule has 0 nitrogen and oxygen atoms in total. The number of hydrogen-bond donors (Lipinski definition) is 0. The van der Waals surface area contributed by atoms with Crippen LogP contribution in [0.4, 0.5) is 0 Å². The highest BCUT2D eigenvalue weighted by molar-refractivity contribution is 5.08. The van der Waals surface area contributed by atoms with Crippen molar-refractivity contribution in [2.75, 3.05) is 0 Å². The Balaban J connectivity index is 3.04. The van der Waals surface area contributed by atoms with Crippen LogP contribution in [0.15, 0.2) is 37.0 Å². The third-order valence-corrected chi connectivity index (χ3v) is 3.72. The average molecular weight is 277 g/mol. The summed E-state index contributed by atoms with van der Waals surface area (Å²) < 4.78 is 0. The highest BCUT2D eigenvalue weighted by Crippen LogP contribution is 2.12. The molecular formula is C20H36. The van der Waals surface area contributed by atoms with Crippen LogP contribution in [0.5, 0.6) is 0 Å². The van der Waals surface area contributed by atoms with E-state index in [0.29, 0.717) is 0 Å². The van der Waals surface area contributed by atoms with Gasteiger partial charge in [0.05, 0.1) is 0 Å². The predicted octanol–water partition coefficient (Wildman–Crippen LogP) is 7.38. The second-order valence-electron chi connectivity index (χ2n) is 5.73. The van der Waals surface area contributed by atoms with Crippen LogP contribution in [0.1, 0.15) is 90.4 Å². The van der Waals surface area contributed by atoms with Crippen LogP contribution >= 0.6 is 0 Å². The van der Waals surface area contributed by atoms with Crippen molar-refractivity contribution in [2.24, 2.45) is 0 Å². The zero-order valence-corrected chi connectivity index (χ0v) is 13.8. The van der Waals surface area contributed by atoms with Gasteiger partial charge in [-0.15, -0.1) is 0 Å². The fourth-order valence-electron chi connectivity index (χ4n) is 2.42. The Morgan fingerprint density at radius 3 is 1.60 bits per heavy atom. The van der Waals surface area contributed by atoms with Crippen LogP contribution in [-0.4, -0.2) is 0 Å². The second-order valence-corrected chi connectivity index (χ2v) is 5.73.